The Kier molecular flexibility index (Phi) is 4.62. The highest BCUT2D eigenvalue weighted by Crippen LogP contribution is 2.62. The zero-order valence-electron chi connectivity index (χ0n) is 6.82. The lowest BCUT2D eigenvalue weighted by atomic mass is 10.5. The number of rotatable bonds is 5. The topological polar surface area (TPSA) is 124 Å². The third-order valence-electron chi connectivity index (χ3n) is 0.969. The molecule has 7 nitrogen and oxygen atoms in total. The summed E-state index contributed by atoms with van der Waals surface area (Å²) in [7, 11) is -9.71. The number of carbonyl (C=O) groups excluding carboxylic acids is 1. The second-order valence-corrected chi connectivity index (χ2v) is 5.81. The van der Waals surface area contributed by atoms with Crippen LogP contribution >= 0.6 is 15.5 Å². The second-order valence-electron chi connectivity index (χ2n) is 2.20. The van der Waals surface area contributed by atoms with E-state index in [9.17, 15) is 9.36 Å². The van der Waals surface area contributed by atoms with E-state index in [1.807, 2.05) is 0 Å². The van der Waals surface area contributed by atoms with Crippen LogP contribution in [0, 0.1) is 0 Å². The Morgan fingerprint density at radius 2 is 1.92 bits per heavy atom. The molecular weight excluding hydrogens is 222 g/mol. The molecule has 0 aliphatic rings. The van der Waals surface area contributed by atoms with E-state index >= 15 is 0 Å². The van der Waals surface area contributed by atoms with Crippen molar-refractivity contribution < 1.29 is 33.5 Å². The fraction of sp³-hybridized carbons (Fsp3) is 0.750. The summed E-state index contributed by atoms with van der Waals surface area (Å²) in [5.41, 5.74) is 0. The highest BCUT2D eigenvalue weighted by atomic mass is 31.3. The lowest BCUT2D eigenvalue weighted by molar-refractivity contribution is 0.232. The van der Waals surface area contributed by atoms with E-state index in [0.717, 1.165) is 0 Å². The molecule has 13 heavy (non-hydrogen) atoms. The SMILES string of the molecule is CCCOP(=O)(O)C(=O)[P+](O)(O)O. The molecule has 0 fully saturated rings. The van der Waals surface area contributed by atoms with Crippen molar-refractivity contribution in [3.8, 4) is 0 Å². The predicted octanol–water partition coefficient (Wildman–Crippen LogP) is 0.458. The van der Waals surface area contributed by atoms with Gasteiger partial charge in [0.2, 0.25) is 0 Å². The molecular formula is C4H11O7P2+. The Morgan fingerprint density at radius 3 is 2.23 bits per heavy atom. The van der Waals surface area contributed by atoms with Crippen LogP contribution in [0.3, 0.4) is 0 Å². The molecule has 0 spiro atoms. The van der Waals surface area contributed by atoms with E-state index in [0.29, 0.717) is 6.42 Å². The van der Waals surface area contributed by atoms with Crippen molar-refractivity contribution >= 4 is 20.8 Å². The molecule has 0 amide bonds. The Bertz CT molecular complexity index is 231. The molecule has 9 heteroatoms. The van der Waals surface area contributed by atoms with Gasteiger partial charge in [-0.2, -0.15) is 14.7 Å². The summed E-state index contributed by atoms with van der Waals surface area (Å²) < 4.78 is 15.0. The Labute approximate surface area is 75.1 Å². The Morgan fingerprint density at radius 1 is 1.46 bits per heavy atom. The smallest absolute Gasteiger partial charge is 0.316 e. The molecule has 4 N–H and O–H groups in total. The van der Waals surface area contributed by atoms with Gasteiger partial charge in [0.05, 0.1) is 6.61 Å². The van der Waals surface area contributed by atoms with Crippen LogP contribution in [-0.4, -0.2) is 31.4 Å². The number of hydrogen-bond acceptors (Lipinski definition) is 6. The van der Waals surface area contributed by atoms with Crippen LogP contribution in [0.5, 0.6) is 0 Å². The van der Waals surface area contributed by atoms with Crippen LogP contribution in [0.15, 0.2) is 0 Å². The van der Waals surface area contributed by atoms with E-state index < -0.39 is 20.8 Å². The standard InChI is InChI=1S/C4H10O7P2/c1-2-3-11-13(9,10)4(5)12(6,7)8/h6-8H,2-3H2,1H3/p+1. The van der Waals surface area contributed by atoms with Crippen molar-refractivity contribution in [2.75, 3.05) is 6.61 Å². The molecule has 78 valence electrons. The summed E-state index contributed by atoms with van der Waals surface area (Å²) in [6.45, 7) is 1.45. The lowest BCUT2D eigenvalue weighted by Gasteiger charge is -2.08. The van der Waals surface area contributed by atoms with Crippen molar-refractivity contribution in [2.24, 2.45) is 0 Å². The van der Waals surface area contributed by atoms with Gasteiger partial charge in [-0.3, -0.25) is 0 Å². The first-order valence-corrected chi connectivity index (χ1v) is 6.54. The first-order valence-electron chi connectivity index (χ1n) is 3.31. The Balaban J connectivity index is 4.47. The maximum Gasteiger partial charge on any atom is 0.492 e. The zero-order valence-corrected chi connectivity index (χ0v) is 8.61. The average molecular weight is 233 g/mol. The average Bonchev–Trinajstić information content (AvgIpc) is 1.98. The molecule has 0 heterocycles. The molecule has 0 saturated heterocycles. The van der Waals surface area contributed by atoms with Gasteiger partial charge in [-0.25, -0.2) is 9.36 Å². The molecule has 1 atom stereocenters. The van der Waals surface area contributed by atoms with Gasteiger partial charge < -0.3 is 9.42 Å². The minimum absolute atomic E-state index is 0.181. The van der Waals surface area contributed by atoms with E-state index in [4.69, 9.17) is 19.6 Å². The summed E-state index contributed by atoms with van der Waals surface area (Å²) >= 11 is 0. The van der Waals surface area contributed by atoms with Crippen LogP contribution in [-0.2, 0) is 9.09 Å². The molecule has 0 aromatic carbocycles. The zero-order chi connectivity index (χ0) is 10.7. The number of carbonyl (C=O) groups is 1. The Hall–Kier alpha value is 0.130. The molecule has 0 aliphatic heterocycles. The summed E-state index contributed by atoms with van der Waals surface area (Å²) in [6.07, 6.45) is 0.381. The first kappa shape index (κ1) is 13.1. The summed E-state index contributed by atoms with van der Waals surface area (Å²) in [5.74, 6) is 0. The van der Waals surface area contributed by atoms with Gasteiger partial charge in [0.15, 0.2) is 0 Å². The molecule has 0 aromatic rings. The fourth-order valence-electron chi connectivity index (χ4n) is 0.440. The van der Waals surface area contributed by atoms with Crippen LogP contribution in [0.4, 0.5) is 4.79 Å². The molecule has 0 bridgehead atoms. The molecule has 0 rings (SSSR count). The predicted molar refractivity (Wildman–Crippen MR) is 45.0 cm³/mol. The van der Waals surface area contributed by atoms with Crippen molar-refractivity contribution in [3.63, 3.8) is 0 Å². The van der Waals surface area contributed by atoms with Gasteiger partial charge in [0.1, 0.15) is 0 Å². The second kappa shape index (κ2) is 4.57. The van der Waals surface area contributed by atoms with Crippen LogP contribution in [0.2, 0.25) is 0 Å². The van der Waals surface area contributed by atoms with E-state index in [1.54, 1.807) is 6.92 Å². The van der Waals surface area contributed by atoms with Crippen LogP contribution < -0.4 is 0 Å². The molecule has 0 aromatic heterocycles. The minimum Gasteiger partial charge on any atom is -0.316 e. The highest BCUT2D eigenvalue weighted by Gasteiger charge is 2.56. The molecule has 0 aliphatic carbocycles. The van der Waals surface area contributed by atoms with E-state index in [-0.39, 0.29) is 6.61 Å². The third kappa shape index (κ3) is 4.24. The van der Waals surface area contributed by atoms with Crippen LogP contribution in [0.1, 0.15) is 13.3 Å². The highest BCUT2D eigenvalue weighted by molar-refractivity contribution is 8.00. The monoisotopic (exact) mass is 233 g/mol. The minimum atomic E-state index is -4.95. The molecule has 1 unspecified atom stereocenters. The van der Waals surface area contributed by atoms with Gasteiger partial charge in [-0.1, -0.05) is 6.92 Å². The third-order valence-corrected chi connectivity index (χ3v) is 4.06. The summed E-state index contributed by atoms with van der Waals surface area (Å²) in [4.78, 5) is 44.6. The summed E-state index contributed by atoms with van der Waals surface area (Å²) in [5, 5.41) is -1.95. The largest absolute Gasteiger partial charge is 0.492 e. The van der Waals surface area contributed by atoms with Gasteiger partial charge in [-0.15, -0.1) is 0 Å². The molecule has 0 radical (unpaired) electrons. The van der Waals surface area contributed by atoms with Gasteiger partial charge >= 0.3 is 20.8 Å². The fourth-order valence-corrected chi connectivity index (χ4v) is 2.51. The van der Waals surface area contributed by atoms with Crippen LogP contribution in [0.25, 0.3) is 0 Å². The van der Waals surface area contributed by atoms with Gasteiger partial charge in [0.25, 0.3) is 0 Å². The first-order chi connectivity index (χ1) is 5.72. The summed E-state index contributed by atoms with van der Waals surface area (Å²) in [6, 6.07) is 0. The number of hydrogen-bond donors (Lipinski definition) is 4. The quantitative estimate of drug-likeness (QED) is 0.508. The van der Waals surface area contributed by atoms with Crippen molar-refractivity contribution in [2.45, 2.75) is 13.3 Å². The van der Waals surface area contributed by atoms with Gasteiger partial charge in [-0.05, 0) is 6.42 Å². The maximum atomic E-state index is 10.9. The van der Waals surface area contributed by atoms with Crippen molar-refractivity contribution in [3.05, 3.63) is 0 Å². The van der Waals surface area contributed by atoms with Crippen molar-refractivity contribution in [1.82, 2.24) is 0 Å². The van der Waals surface area contributed by atoms with E-state index in [1.165, 1.54) is 0 Å². The van der Waals surface area contributed by atoms with E-state index in [2.05, 4.69) is 4.52 Å². The lowest BCUT2D eigenvalue weighted by Crippen LogP contribution is -2.06. The van der Waals surface area contributed by atoms with Crippen molar-refractivity contribution in [1.29, 1.82) is 0 Å². The maximum absolute atomic E-state index is 10.9. The molecule has 0 saturated carbocycles. The normalized spacial score (nSPS) is 16.7. The van der Waals surface area contributed by atoms with Gasteiger partial charge in [0, 0.05) is 0 Å².